The van der Waals surface area contributed by atoms with Crippen LogP contribution in [0.1, 0.15) is 5.56 Å². The SMILES string of the molecule is CN(CCc1ccc2c(c1)OCO2)C(=O)C1CNC1. The zero-order valence-corrected chi connectivity index (χ0v) is 11.0. The van der Waals surface area contributed by atoms with Crippen molar-refractivity contribution in [2.45, 2.75) is 6.42 Å². The molecule has 2 heterocycles. The Kier molecular flexibility index (Phi) is 3.29. The molecule has 0 radical (unpaired) electrons. The average Bonchev–Trinajstić information content (AvgIpc) is 2.80. The Labute approximate surface area is 112 Å². The standard InChI is InChI=1S/C14H18N2O3/c1-16(14(17)11-7-15-8-11)5-4-10-2-3-12-13(6-10)19-9-18-12/h2-3,6,11,15H,4-5,7-9H2,1H3. The highest BCUT2D eigenvalue weighted by Crippen LogP contribution is 2.32. The maximum atomic E-state index is 12.0. The Morgan fingerprint density at radius 3 is 2.89 bits per heavy atom. The molecular formula is C14H18N2O3. The minimum Gasteiger partial charge on any atom is -0.454 e. The van der Waals surface area contributed by atoms with E-state index in [1.54, 1.807) is 0 Å². The lowest BCUT2D eigenvalue weighted by Gasteiger charge is -2.30. The second kappa shape index (κ2) is 5.09. The van der Waals surface area contributed by atoms with Crippen LogP contribution >= 0.6 is 0 Å². The number of hydrogen-bond donors (Lipinski definition) is 1. The van der Waals surface area contributed by atoms with Crippen molar-refractivity contribution in [3.05, 3.63) is 23.8 Å². The summed E-state index contributed by atoms with van der Waals surface area (Å²) in [5, 5.41) is 3.12. The van der Waals surface area contributed by atoms with Crippen molar-refractivity contribution in [1.29, 1.82) is 0 Å². The molecule has 1 aromatic carbocycles. The summed E-state index contributed by atoms with van der Waals surface area (Å²) in [7, 11) is 1.87. The second-order valence-corrected chi connectivity index (χ2v) is 5.05. The maximum absolute atomic E-state index is 12.0. The van der Waals surface area contributed by atoms with Gasteiger partial charge in [-0.1, -0.05) is 6.07 Å². The van der Waals surface area contributed by atoms with Gasteiger partial charge in [0, 0.05) is 26.7 Å². The fourth-order valence-corrected chi connectivity index (χ4v) is 2.28. The quantitative estimate of drug-likeness (QED) is 0.865. The van der Waals surface area contributed by atoms with E-state index >= 15 is 0 Å². The third-order valence-corrected chi connectivity index (χ3v) is 3.68. The van der Waals surface area contributed by atoms with Crippen molar-refractivity contribution in [3.63, 3.8) is 0 Å². The number of nitrogens with one attached hydrogen (secondary N) is 1. The van der Waals surface area contributed by atoms with E-state index < -0.39 is 0 Å². The number of nitrogens with zero attached hydrogens (tertiary/aromatic N) is 1. The normalized spacial score (nSPS) is 17.1. The highest BCUT2D eigenvalue weighted by Gasteiger charge is 2.27. The monoisotopic (exact) mass is 262 g/mol. The van der Waals surface area contributed by atoms with Crippen LogP contribution in [0.4, 0.5) is 0 Å². The number of rotatable bonds is 4. The van der Waals surface area contributed by atoms with Gasteiger partial charge in [0.15, 0.2) is 11.5 Å². The Bertz CT molecular complexity index is 486. The largest absolute Gasteiger partial charge is 0.454 e. The third-order valence-electron chi connectivity index (χ3n) is 3.68. The van der Waals surface area contributed by atoms with Crippen LogP contribution in [0.2, 0.25) is 0 Å². The van der Waals surface area contributed by atoms with E-state index in [0.29, 0.717) is 6.79 Å². The average molecular weight is 262 g/mol. The van der Waals surface area contributed by atoms with Crippen LogP contribution in [-0.2, 0) is 11.2 Å². The highest BCUT2D eigenvalue weighted by molar-refractivity contribution is 5.79. The van der Waals surface area contributed by atoms with E-state index in [4.69, 9.17) is 9.47 Å². The molecule has 3 rings (SSSR count). The van der Waals surface area contributed by atoms with Gasteiger partial charge in [-0.25, -0.2) is 0 Å². The van der Waals surface area contributed by atoms with Gasteiger partial charge in [0.05, 0.1) is 5.92 Å². The minimum absolute atomic E-state index is 0.168. The molecule has 2 aliphatic heterocycles. The lowest BCUT2D eigenvalue weighted by Crippen LogP contribution is -2.51. The first-order valence-corrected chi connectivity index (χ1v) is 6.58. The first-order chi connectivity index (χ1) is 9.24. The van der Waals surface area contributed by atoms with Crippen molar-refractivity contribution < 1.29 is 14.3 Å². The molecule has 2 aliphatic rings. The zero-order valence-electron chi connectivity index (χ0n) is 11.0. The number of fused-ring (bicyclic) bond motifs is 1. The smallest absolute Gasteiger partial charge is 0.231 e. The van der Waals surface area contributed by atoms with Crippen LogP contribution in [0.25, 0.3) is 0 Å². The maximum Gasteiger partial charge on any atom is 0.231 e. The van der Waals surface area contributed by atoms with Crippen molar-refractivity contribution in [2.24, 2.45) is 5.92 Å². The van der Waals surface area contributed by atoms with Crippen molar-refractivity contribution >= 4 is 5.91 Å². The minimum atomic E-state index is 0.168. The van der Waals surface area contributed by atoms with Gasteiger partial charge in [0.25, 0.3) is 0 Å². The van der Waals surface area contributed by atoms with Gasteiger partial charge < -0.3 is 19.7 Å². The molecule has 1 N–H and O–H groups in total. The van der Waals surface area contributed by atoms with E-state index in [1.165, 1.54) is 0 Å². The molecule has 19 heavy (non-hydrogen) atoms. The first-order valence-electron chi connectivity index (χ1n) is 6.58. The van der Waals surface area contributed by atoms with Crippen LogP contribution in [0.3, 0.4) is 0 Å². The summed E-state index contributed by atoms with van der Waals surface area (Å²) in [5.74, 6) is 2.00. The fourth-order valence-electron chi connectivity index (χ4n) is 2.28. The molecule has 1 amide bonds. The summed E-state index contributed by atoms with van der Waals surface area (Å²) in [6.45, 7) is 2.65. The highest BCUT2D eigenvalue weighted by atomic mass is 16.7. The van der Waals surface area contributed by atoms with Gasteiger partial charge in [-0.15, -0.1) is 0 Å². The van der Waals surface area contributed by atoms with E-state index in [9.17, 15) is 4.79 Å². The van der Waals surface area contributed by atoms with Gasteiger partial charge in [-0.2, -0.15) is 0 Å². The summed E-state index contributed by atoms with van der Waals surface area (Å²) >= 11 is 0. The number of ether oxygens (including phenoxy) is 2. The zero-order chi connectivity index (χ0) is 13.2. The van der Waals surface area contributed by atoms with Crippen molar-refractivity contribution in [1.82, 2.24) is 10.2 Å². The molecule has 1 aromatic rings. The van der Waals surface area contributed by atoms with Gasteiger partial charge in [0.2, 0.25) is 12.7 Å². The number of likely N-dealkylation sites (N-methyl/N-ethyl adjacent to an activating group) is 1. The molecule has 5 heteroatoms. The Morgan fingerprint density at radius 1 is 1.37 bits per heavy atom. The van der Waals surface area contributed by atoms with E-state index in [-0.39, 0.29) is 11.8 Å². The van der Waals surface area contributed by atoms with E-state index in [2.05, 4.69) is 5.32 Å². The molecular weight excluding hydrogens is 244 g/mol. The third kappa shape index (κ3) is 2.51. The predicted molar refractivity (Wildman–Crippen MR) is 70.3 cm³/mol. The topological polar surface area (TPSA) is 50.8 Å². The molecule has 0 saturated carbocycles. The lowest BCUT2D eigenvalue weighted by molar-refractivity contribution is -0.135. The Hall–Kier alpha value is -1.75. The lowest BCUT2D eigenvalue weighted by atomic mass is 10.0. The molecule has 0 atom stereocenters. The summed E-state index contributed by atoms with van der Waals surface area (Å²) in [6, 6.07) is 5.94. The molecule has 0 spiro atoms. The van der Waals surface area contributed by atoms with Crippen LogP contribution in [0, 0.1) is 5.92 Å². The molecule has 0 aliphatic carbocycles. The van der Waals surface area contributed by atoms with Crippen molar-refractivity contribution in [3.8, 4) is 11.5 Å². The van der Waals surface area contributed by atoms with Gasteiger partial charge >= 0.3 is 0 Å². The molecule has 0 aromatic heterocycles. The molecule has 1 saturated heterocycles. The number of benzene rings is 1. The summed E-state index contributed by atoms with van der Waals surface area (Å²) in [6.07, 6.45) is 0.832. The predicted octanol–water partition coefficient (Wildman–Crippen LogP) is 0.636. The number of carbonyl (C=O) groups is 1. The number of carbonyl (C=O) groups excluding carboxylic acids is 1. The Morgan fingerprint density at radius 2 is 2.16 bits per heavy atom. The summed E-state index contributed by atoms with van der Waals surface area (Å²) in [4.78, 5) is 13.8. The van der Waals surface area contributed by atoms with Gasteiger partial charge in [0.1, 0.15) is 0 Å². The van der Waals surface area contributed by atoms with Crippen LogP contribution < -0.4 is 14.8 Å². The number of hydrogen-bond acceptors (Lipinski definition) is 4. The van der Waals surface area contributed by atoms with Crippen LogP contribution in [0.15, 0.2) is 18.2 Å². The fraction of sp³-hybridized carbons (Fsp3) is 0.500. The molecule has 0 unspecified atom stereocenters. The van der Waals surface area contributed by atoms with E-state index in [1.807, 2.05) is 30.1 Å². The molecule has 1 fully saturated rings. The molecule has 102 valence electrons. The van der Waals surface area contributed by atoms with Gasteiger partial charge in [-0.05, 0) is 24.1 Å². The number of amides is 1. The van der Waals surface area contributed by atoms with Crippen LogP contribution in [-0.4, -0.2) is 44.3 Å². The molecule has 0 bridgehead atoms. The van der Waals surface area contributed by atoms with Gasteiger partial charge in [-0.3, -0.25) is 4.79 Å². The van der Waals surface area contributed by atoms with Crippen molar-refractivity contribution in [2.75, 3.05) is 33.5 Å². The summed E-state index contributed by atoms with van der Waals surface area (Å²) in [5.41, 5.74) is 1.16. The van der Waals surface area contributed by atoms with Crippen LogP contribution in [0.5, 0.6) is 11.5 Å². The first kappa shape index (κ1) is 12.3. The molecule has 5 nitrogen and oxygen atoms in total. The van der Waals surface area contributed by atoms with E-state index in [0.717, 1.165) is 43.1 Å². The Balaban J connectivity index is 1.55. The second-order valence-electron chi connectivity index (χ2n) is 5.05. The summed E-state index contributed by atoms with van der Waals surface area (Å²) < 4.78 is 10.6.